The van der Waals surface area contributed by atoms with E-state index in [1.54, 1.807) is 27.7 Å². The molecule has 186 valence electrons. The van der Waals surface area contributed by atoms with Crippen LogP contribution in [0.25, 0.3) is 10.9 Å². The van der Waals surface area contributed by atoms with E-state index in [1.165, 1.54) is 0 Å². The van der Waals surface area contributed by atoms with Crippen LogP contribution in [0.5, 0.6) is 0 Å². The van der Waals surface area contributed by atoms with E-state index >= 15 is 0 Å². The summed E-state index contributed by atoms with van der Waals surface area (Å²) in [7, 11) is 0. The smallest absolute Gasteiger partial charge is 0.338 e. The third-order valence-electron chi connectivity index (χ3n) is 7.26. The summed E-state index contributed by atoms with van der Waals surface area (Å²) >= 11 is 0. The molecule has 4 aromatic rings. The molecule has 0 bridgehead atoms. The van der Waals surface area contributed by atoms with E-state index < -0.39 is 12.6 Å². The fourth-order valence-corrected chi connectivity index (χ4v) is 5.37. The first-order valence-electron chi connectivity index (χ1n) is 12.8. The molecule has 0 radical (unpaired) electrons. The molecule has 0 unspecified atom stereocenters. The predicted molar refractivity (Wildman–Crippen MR) is 141 cm³/mol. The van der Waals surface area contributed by atoms with Crippen LogP contribution in [0, 0.1) is 0 Å². The Bertz CT molecular complexity index is 1540. The molecule has 6 rings (SSSR count). The first-order valence-corrected chi connectivity index (χ1v) is 12.8. The molecule has 7 heteroatoms. The summed E-state index contributed by atoms with van der Waals surface area (Å²) in [5.41, 5.74) is 4.44. The molecule has 0 fully saturated rings. The molecule has 37 heavy (non-hydrogen) atoms. The van der Waals surface area contributed by atoms with Gasteiger partial charge in [-0.2, -0.15) is 0 Å². The molecule has 1 aromatic heterocycles. The predicted octanol–water partition coefficient (Wildman–Crippen LogP) is 4.74. The number of rotatable bonds is 3. The molecule has 2 aliphatic heterocycles. The number of esters is 1. The molecule has 1 amide bonds. The summed E-state index contributed by atoms with van der Waals surface area (Å²) in [5, 5.41) is 0.482. The van der Waals surface area contributed by atoms with E-state index in [9.17, 15) is 14.4 Å². The minimum absolute atomic E-state index is 0.0736. The summed E-state index contributed by atoms with van der Waals surface area (Å²) < 4.78 is 7.24. The average molecular weight is 494 g/mol. The molecular formula is C30H27N3O4. The van der Waals surface area contributed by atoms with Gasteiger partial charge in [-0.3, -0.25) is 19.1 Å². The number of aryl methyl sites for hydroxylation is 3. The van der Waals surface area contributed by atoms with E-state index in [4.69, 9.17) is 4.74 Å². The summed E-state index contributed by atoms with van der Waals surface area (Å²) in [6, 6.07) is 20.4. The standard InChI is InChI=1S/C30H27N3O4/c34-28(33-25-10-5-3-8-20(25)13-14-21-9-4-6-11-26(21)33)19-37-30(36)22-15-16-23-24(18-22)31-27-12-2-1-7-17-32(27)29(23)35/h3-6,8-11,15-16,18H,1-2,7,12-14,17,19H2. The van der Waals surface area contributed by atoms with Crippen LogP contribution in [0.2, 0.25) is 0 Å². The van der Waals surface area contributed by atoms with Crippen molar-refractivity contribution in [2.75, 3.05) is 11.5 Å². The molecule has 0 N–H and O–H groups in total. The number of ether oxygens (including phenoxy) is 1. The Morgan fingerprint density at radius 1 is 0.838 bits per heavy atom. The molecule has 3 heterocycles. The number of hydrogen-bond donors (Lipinski definition) is 0. The zero-order valence-electron chi connectivity index (χ0n) is 20.5. The number of carbonyl (C=O) groups excluding carboxylic acids is 2. The fraction of sp³-hybridized carbons (Fsp3) is 0.267. The minimum atomic E-state index is -0.622. The van der Waals surface area contributed by atoms with Gasteiger partial charge in [-0.05, 0) is 67.1 Å². The van der Waals surface area contributed by atoms with Crippen molar-refractivity contribution in [1.29, 1.82) is 0 Å². The lowest BCUT2D eigenvalue weighted by Gasteiger charge is -2.24. The van der Waals surface area contributed by atoms with E-state index in [2.05, 4.69) is 4.98 Å². The second-order valence-corrected chi connectivity index (χ2v) is 9.59. The lowest BCUT2D eigenvalue weighted by molar-refractivity contribution is -0.120. The Kier molecular flexibility index (Phi) is 6.04. The van der Waals surface area contributed by atoms with Crippen molar-refractivity contribution in [3.8, 4) is 0 Å². The van der Waals surface area contributed by atoms with Crippen LogP contribution in [-0.2, 0) is 35.3 Å². The maximum absolute atomic E-state index is 13.5. The monoisotopic (exact) mass is 493 g/mol. The van der Waals surface area contributed by atoms with Crippen LogP contribution in [0.1, 0.15) is 46.6 Å². The Morgan fingerprint density at radius 3 is 2.27 bits per heavy atom. The van der Waals surface area contributed by atoms with E-state index in [-0.39, 0.29) is 17.0 Å². The van der Waals surface area contributed by atoms with Crippen molar-refractivity contribution in [2.24, 2.45) is 0 Å². The highest BCUT2D eigenvalue weighted by molar-refractivity contribution is 6.04. The van der Waals surface area contributed by atoms with Gasteiger partial charge in [-0.1, -0.05) is 42.8 Å². The normalized spacial score (nSPS) is 14.6. The summed E-state index contributed by atoms with van der Waals surface area (Å²) in [6.07, 6.45) is 5.41. The van der Waals surface area contributed by atoms with Crippen molar-refractivity contribution >= 4 is 34.2 Å². The highest BCUT2D eigenvalue weighted by Crippen LogP contribution is 2.36. The van der Waals surface area contributed by atoms with E-state index in [0.29, 0.717) is 17.4 Å². The third-order valence-corrected chi connectivity index (χ3v) is 7.26. The van der Waals surface area contributed by atoms with Gasteiger partial charge in [-0.25, -0.2) is 9.78 Å². The van der Waals surface area contributed by atoms with Gasteiger partial charge in [0.05, 0.1) is 27.8 Å². The first kappa shape index (κ1) is 23.2. The van der Waals surface area contributed by atoms with Gasteiger partial charge >= 0.3 is 5.97 Å². The Hall–Kier alpha value is -4.26. The van der Waals surface area contributed by atoms with E-state index in [1.807, 2.05) is 48.5 Å². The molecular weight excluding hydrogens is 466 g/mol. The number of amides is 1. The zero-order chi connectivity index (χ0) is 25.4. The quantitative estimate of drug-likeness (QED) is 0.385. The summed E-state index contributed by atoms with van der Waals surface area (Å²) in [4.78, 5) is 45.7. The molecule has 0 saturated heterocycles. The maximum Gasteiger partial charge on any atom is 0.338 e. The van der Waals surface area contributed by atoms with Crippen molar-refractivity contribution < 1.29 is 14.3 Å². The van der Waals surface area contributed by atoms with Gasteiger partial charge in [0, 0.05) is 13.0 Å². The Morgan fingerprint density at radius 2 is 1.54 bits per heavy atom. The van der Waals surface area contributed by atoms with Crippen LogP contribution in [0.3, 0.4) is 0 Å². The lowest BCUT2D eigenvalue weighted by Crippen LogP contribution is -2.31. The van der Waals surface area contributed by atoms with Gasteiger partial charge in [0.15, 0.2) is 6.61 Å². The number of nitrogens with zero attached hydrogens (tertiary/aromatic N) is 3. The lowest BCUT2D eigenvalue weighted by atomic mass is 10.0. The largest absolute Gasteiger partial charge is 0.452 e. The number of carbonyl (C=O) groups is 2. The molecule has 7 nitrogen and oxygen atoms in total. The van der Waals surface area contributed by atoms with Gasteiger partial charge in [-0.15, -0.1) is 0 Å². The second kappa shape index (κ2) is 9.65. The summed E-state index contributed by atoms with van der Waals surface area (Å²) in [5.74, 6) is -0.185. The molecule has 0 saturated carbocycles. The number of fused-ring (bicyclic) bond motifs is 4. The maximum atomic E-state index is 13.5. The van der Waals surface area contributed by atoms with Crippen molar-refractivity contribution in [1.82, 2.24) is 9.55 Å². The van der Waals surface area contributed by atoms with Crippen LogP contribution in [-0.4, -0.2) is 28.0 Å². The van der Waals surface area contributed by atoms with Crippen LogP contribution in [0.15, 0.2) is 71.5 Å². The average Bonchev–Trinajstić information content (AvgIpc) is 3.26. The number of hydrogen-bond acceptors (Lipinski definition) is 5. The topological polar surface area (TPSA) is 81.5 Å². The SMILES string of the molecule is O=C(OCC(=O)N1c2ccccc2CCc2ccccc21)c1ccc2c(=O)n3c(nc2c1)CCCCC3. The number of aromatic nitrogens is 2. The molecule has 2 aliphatic rings. The second-order valence-electron chi connectivity index (χ2n) is 9.59. The summed E-state index contributed by atoms with van der Waals surface area (Å²) in [6.45, 7) is 0.269. The van der Waals surface area contributed by atoms with Crippen molar-refractivity contribution in [2.45, 2.75) is 45.1 Å². The first-order chi connectivity index (χ1) is 18.1. The Labute approximate surface area is 214 Å². The highest BCUT2D eigenvalue weighted by atomic mass is 16.5. The molecule has 3 aromatic carbocycles. The van der Waals surface area contributed by atoms with Crippen molar-refractivity contribution in [3.63, 3.8) is 0 Å². The molecule has 0 aliphatic carbocycles. The van der Waals surface area contributed by atoms with Gasteiger partial charge in [0.25, 0.3) is 11.5 Å². The van der Waals surface area contributed by atoms with Crippen LogP contribution >= 0.6 is 0 Å². The van der Waals surface area contributed by atoms with Gasteiger partial charge < -0.3 is 4.74 Å². The van der Waals surface area contributed by atoms with E-state index in [0.717, 1.165) is 66.9 Å². The fourth-order valence-electron chi connectivity index (χ4n) is 5.37. The van der Waals surface area contributed by atoms with Crippen LogP contribution < -0.4 is 10.5 Å². The number of para-hydroxylation sites is 2. The van der Waals surface area contributed by atoms with Crippen LogP contribution in [0.4, 0.5) is 11.4 Å². The van der Waals surface area contributed by atoms with Gasteiger partial charge in [0.1, 0.15) is 5.82 Å². The minimum Gasteiger partial charge on any atom is -0.452 e. The third kappa shape index (κ3) is 4.31. The number of benzene rings is 3. The number of anilines is 2. The van der Waals surface area contributed by atoms with Gasteiger partial charge in [0.2, 0.25) is 0 Å². The molecule has 0 spiro atoms. The highest BCUT2D eigenvalue weighted by Gasteiger charge is 2.26. The molecule has 0 atom stereocenters. The zero-order valence-corrected chi connectivity index (χ0v) is 20.5. The Balaban J connectivity index is 1.26. The van der Waals surface area contributed by atoms with Crippen molar-refractivity contribution in [3.05, 3.63) is 99.6 Å².